The summed E-state index contributed by atoms with van der Waals surface area (Å²) in [7, 11) is 1.59. The molecule has 0 spiro atoms. The molecule has 1 rings (SSSR count). The van der Waals surface area contributed by atoms with Gasteiger partial charge in [0.1, 0.15) is 5.75 Å². The Labute approximate surface area is 144 Å². The second kappa shape index (κ2) is 9.63. The number of nitrogens with one attached hydrogen (secondary N) is 1. The van der Waals surface area contributed by atoms with Crippen LogP contribution in [0.3, 0.4) is 0 Å². The van der Waals surface area contributed by atoms with Crippen LogP contribution in [-0.2, 0) is 0 Å². The molecular formula is C17H29ClN4O. The first-order valence-electron chi connectivity index (χ1n) is 8.01. The Morgan fingerprint density at radius 3 is 2.48 bits per heavy atom. The standard InChI is InChI=1S/C17H29ClN4O/c1-12(2)22(13(3)4)10-6-9-20-17(19)21-14-7-8-16(23-5)15(18)11-14/h7-8,11-13H,6,9-10H2,1-5H3,(H3,19,20,21). The molecule has 0 bridgehead atoms. The number of hydrogen-bond acceptors (Lipinski definition) is 3. The predicted molar refractivity (Wildman–Crippen MR) is 99.7 cm³/mol. The Bertz CT molecular complexity index is 509. The fraction of sp³-hybridized carbons (Fsp3) is 0.588. The minimum atomic E-state index is 0.395. The van der Waals surface area contributed by atoms with Crippen LogP contribution in [0.4, 0.5) is 5.69 Å². The lowest BCUT2D eigenvalue weighted by molar-refractivity contribution is 0.174. The summed E-state index contributed by atoms with van der Waals surface area (Å²) in [5.74, 6) is 1.03. The predicted octanol–water partition coefficient (Wildman–Crippen LogP) is 3.58. The zero-order valence-electron chi connectivity index (χ0n) is 14.8. The van der Waals surface area contributed by atoms with Gasteiger partial charge >= 0.3 is 0 Å². The molecule has 0 aliphatic heterocycles. The molecule has 1 aromatic rings. The van der Waals surface area contributed by atoms with Crippen LogP contribution in [0.1, 0.15) is 34.1 Å². The van der Waals surface area contributed by atoms with Crippen LogP contribution in [0.2, 0.25) is 5.02 Å². The van der Waals surface area contributed by atoms with E-state index < -0.39 is 0 Å². The van der Waals surface area contributed by atoms with E-state index in [0.29, 0.717) is 35.4 Å². The lowest BCUT2D eigenvalue weighted by Crippen LogP contribution is -2.38. The second-order valence-electron chi connectivity index (χ2n) is 6.02. The molecule has 0 radical (unpaired) electrons. The average Bonchev–Trinajstić information content (AvgIpc) is 2.46. The van der Waals surface area contributed by atoms with E-state index in [1.54, 1.807) is 19.2 Å². The summed E-state index contributed by atoms with van der Waals surface area (Å²) in [5, 5.41) is 3.58. The summed E-state index contributed by atoms with van der Waals surface area (Å²) in [4.78, 5) is 6.81. The maximum absolute atomic E-state index is 6.08. The molecule has 0 amide bonds. The fourth-order valence-corrected chi connectivity index (χ4v) is 2.75. The molecule has 0 fully saturated rings. The topological polar surface area (TPSA) is 62.9 Å². The molecule has 130 valence electrons. The molecule has 3 N–H and O–H groups in total. The van der Waals surface area contributed by atoms with E-state index in [2.05, 4.69) is 42.9 Å². The normalized spacial score (nSPS) is 12.3. The van der Waals surface area contributed by atoms with Gasteiger partial charge in [0.05, 0.1) is 12.1 Å². The summed E-state index contributed by atoms with van der Waals surface area (Å²) in [5.41, 5.74) is 6.71. The van der Waals surface area contributed by atoms with E-state index in [1.165, 1.54) is 0 Å². The molecule has 0 unspecified atom stereocenters. The molecule has 0 saturated heterocycles. The van der Waals surface area contributed by atoms with Gasteiger partial charge in [0.15, 0.2) is 5.96 Å². The number of aliphatic imine (C=N–C) groups is 1. The number of guanidine groups is 1. The van der Waals surface area contributed by atoms with Crippen molar-refractivity contribution in [1.82, 2.24) is 4.90 Å². The van der Waals surface area contributed by atoms with Gasteiger partial charge < -0.3 is 15.8 Å². The molecule has 5 nitrogen and oxygen atoms in total. The first-order chi connectivity index (χ1) is 10.8. The summed E-state index contributed by atoms with van der Waals surface area (Å²) < 4.78 is 5.12. The van der Waals surface area contributed by atoms with Gasteiger partial charge in [-0.25, -0.2) is 0 Å². The van der Waals surface area contributed by atoms with Crippen molar-refractivity contribution >= 4 is 23.2 Å². The number of halogens is 1. The Morgan fingerprint density at radius 2 is 1.96 bits per heavy atom. The summed E-state index contributed by atoms with van der Waals surface area (Å²) >= 11 is 6.08. The highest BCUT2D eigenvalue weighted by Gasteiger charge is 2.12. The number of anilines is 1. The maximum Gasteiger partial charge on any atom is 0.193 e. The zero-order chi connectivity index (χ0) is 17.4. The average molecular weight is 341 g/mol. The van der Waals surface area contributed by atoms with Crippen molar-refractivity contribution in [1.29, 1.82) is 0 Å². The highest BCUT2D eigenvalue weighted by atomic mass is 35.5. The Hall–Kier alpha value is -1.46. The number of ether oxygens (including phenoxy) is 1. The first kappa shape index (κ1) is 19.6. The third kappa shape index (κ3) is 6.67. The maximum atomic E-state index is 6.08. The van der Waals surface area contributed by atoms with E-state index in [4.69, 9.17) is 22.1 Å². The lowest BCUT2D eigenvalue weighted by Gasteiger charge is -2.30. The van der Waals surface area contributed by atoms with Gasteiger partial charge in [-0.05, 0) is 52.3 Å². The van der Waals surface area contributed by atoms with Crippen molar-refractivity contribution in [2.24, 2.45) is 10.7 Å². The van der Waals surface area contributed by atoms with Crippen LogP contribution in [0.15, 0.2) is 23.2 Å². The number of nitrogens with two attached hydrogens (primary N) is 1. The molecule has 0 aromatic heterocycles. The van der Waals surface area contributed by atoms with Crippen molar-refractivity contribution in [3.63, 3.8) is 0 Å². The second-order valence-corrected chi connectivity index (χ2v) is 6.43. The molecule has 0 heterocycles. The fourth-order valence-electron chi connectivity index (χ4n) is 2.50. The quantitative estimate of drug-likeness (QED) is 0.431. The highest BCUT2D eigenvalue weighted by Crippen LogP contribution is 2.26. The van der Waals surface area contributed by atoms with E-state index in [1.807, 2.05) is 6.07 Å². The third-order valence-corrected chi connectivity index (χ3v) is 3.90. The zero-order valence-corrected chi connectivity index (χ0v) is 15.5. The molecule has 1 aromatic carbocycles. The molecular weight excluding hydrogens is 312 g/mol. The number of methoxy groups -OCH3 is 1. The van der Waals surface area contributed by atoms with Gasteiger partial charge in [0.2, 0.25) is 0 Å². The molecule has 0 aliphatic rings. The molecule has 0 atom stereocenters. The van der Waals surface area contributed by atoms with Gasteiger partial charge in [-0.2, -0.15) is 0 Å². The van der Waals surface area contributed by atoms with Crippen LogP contribution in [0, 0.1) is 0 Å². The monoisotopic (exact) mass is 340 g/mol. The SMILES string of the molecule is COc1ccc(NC(N)=NCCCN(C(C)C)C(C)C)cc1Cl. The Kier molecular flexibility index (Phi) is 8.20. The Balaban J connectivity index is 2.47. The van der Waals surface area contributed by atoms with E-state index in [0.717, 1.165) is 18.7 Å². The molecule has 0 aliphatic carbocycles. The van der Waals surface area contributed by atoms with Gasteiger partial charge in [-0.1, -0.05) is 11.6 Å². The van der Waals surface area contributed by atoms with Crippen LogP contribution in [0.5, 0.6) is 5.75 Å². The number of hydrogen-bond donors (Lipinski definition) is 2. The number of benzene rings is 1. The van der Waals surface area contributed by atoms with Crippen LogP contribution < -0.4 is 15.8 Å². The smallest absolute Gasteiger partial charge is 0.193 e. The van der Waals surface area contributed by atoms with Gasteiger partial charge in [-0.3, -0.25) is 9.89 Å². The van der Waals surface area contributed by atoms with Crippen molar-refractivity contribution in [2.45, 2.75) is 46.2 Å². The summed E-state index contributed by atoms with van der Waals surface area (Å²) in [6.07, 6.45) is 0.974. The summed E-state index contributed by atoms with van der Waals surface area (Å²) in [6.45, 7) is 10.6. The lowest BCUT2D eigenvalue weighted by atomic mass is 10.2. The minimum Gasteiger partial charge on any atom is -0.495 e. The molecule has 23 heavy (non-hydrogen) atoms. The Morgan fingerprint density at radius 1 is 1.30 bits per heavy atom. The number of nitrogens with zero attached hydrogens (tertiary/aromatic N) is 2. The molecule has 6 heteroatoms. The van der Waals surface area contributed by atoms with Crippen molar-refractivity contribution in [3.05, 3.63) is 23.2 Å². The van der Waals surface area contributed by atoms with Crippen LogP contribution >= 0.6 is 11.6 Å². The highest BCUT2D eigenvalue weighted by molar-refractivity contribution is 6.32. The van der Waals surface area contributed by atoms with E-state index in [9.17, 15) is 0 Å². The summed E-state index contributed by atoms with van der Waals surface area (Å²) in [6, 6.07) is 6.49. The first-order valence-corrected chi connectivity index (χ1v) is 8.39. The number of rotatable bonds is 8. The third-order valence-electron chi connectivity index (χ3n) is 3.61. The van der Waals surface area contributed by atoms with Crippen LogP contribution in [-0.4, -0.2) is 43.1 Å². The van der Waals surface area contributed by atoms with E-state index in [-0.39, 0.29) is 0 Å². The van der Waals surface area contributed by atoms with Crippen LogP contribution in [0.25, 0.3) is 0 Å². The van der Waals surface area contributed by atoms with Crippen molar-refractivity contribution < 1.29 is 4.74 Å². The van der Waals surface area contributed by atoms with Gasteiger partial charge in [0.25, 0.3) is 0 Å². The molecule has 0 saturated carbocycles. The van der Waals surface area contributed by atoms with Gasteiger partial charge in [0, 0.05) is 30.9 Å². The van der Waals surface area contributed by atoms with Crippen molar-refractivity contribution in [3.8, 4) is 5.75 Å². The van der Waals surface area contributed by atoms with Gasteiger partial charge in [-0.15, -0.1) is 0 Å². The minimum absolute atomic E-state index is 0.395. The van der Waals surface area contributed by atoms with Crippen molar-refractivity contribution in [2.75, 3.05) is 25.5 Å². The largest absolute Gasteiger partial charge is 0.495 e. The van der Waals surface area contributed by atoms with E-state index >= 15 is 0 Å².